The summed E-state index contributed by atoms with van der Waals surface area (Å²) in [4.78, 5) is 0. The zero-order valence-electron chi connectivity index (χ0n) is 17.2. The third-order valence-corrected chi connectivity index (χ3v) is 4.91. The molecular formula is C18H39O8P. The Bertz CT molecular complexity index is 336. The number of ether oxygens (including phenoxy) is 3. The summed E-state index contributed by atoms with van der Waals surface area (Å²) in [5, 5.41) is 9.52. The van der Waals surface area contributed by atoms with Crippen LogP contribution in [0.5, 0.6) is 0 Å². The van der Waals surface area contributed by atoms with Crippen molar-refractivity contribution in [3.63, 3.8) is 0 Å². The molecule has 0 heterocycles. The van der Waals surface area contributed by atoms with E-state index in [4.69, 9.17) is 27.8 Å². The van der Waals surface area contributed by atoms with E-state index in [2.05, 4.69) is 13.8 Å². The zero-order chi connectivity index (χ0) is 20.2. The number of phosphoric ester groups is 1. The van der Waals surface area contributed by atoms with Gasteiger partial charge in [0.05, 0.1) is 39.6 Å². The second kappa shape index (κ2) is 19.3. The molecule has 0 saturated carbocycles. The van der Waals surface area contributed by atoms with Crippen LogP contribution in [-0.4, -0.2) is 64.3 Å². The summed E-state index contributed by atoms with van der Waals surface area (Å²) in [5.74, 6) is 0. The maximum absolute atomic E-state index is 12.7. The lowest BCUT2D eigenvalue weighted by Gasteiger charge is -2.19. The second-order valence-corrected chi connectivity index (χ2v) is 7.66. The highest BCUT2D eigenvalue weighted by atomic mass is 31.2. The first-order chi connectivity index (χ1) is 13.1. The van der Waals surface area contributed by atoms with Crippen molar-refractivity contribution in [3.8, 4) is 0 Å². The van der Waals surface area contributed by atoms with Gasteiger partial charge in [0.1, 0.15) is 0 Å². The van der Waals surface area contributed by atoms with Gasteiger partial charge in [-0.25, -0.2) is 4.57 Å². The molecule has 8 nitrogen and oxygen atoms in total. The van der Waals surface area contributed by atoms with E-state index >= 15 is 0 Å². The van der Waals surface area contributed by atoms with Gasteiger partial charge in [-0.2, -0.15) is 0 Å². The highest BCUT2D eigenvalue weighted by molar-refractivity contribution is 7.48. The fourth-order valence-electron chi connectivity index (χ4n) is 1.89. The number of unbranched alkanes of at least 4 members (excludes halogenated alkanes) is 2. The largest absolute Gasteiger partial charge is 0.475 e. The van der Waals surface area contributed by atoms with Crippen LogP contribution in [0.3, 0.4) is 0 Å². The number of hydrogen-bond donors (Lipinski definition) is 1. The van der Waals surface area contributed by atoms with Crippen LogP contribution in [0.15, 0.2) is 0 Å². The van der Waals surface area contributed by atoms with Crippen molar-refractivity contribution in [1.29, 1.82) is 0 Å². The van der Waals surface area contributed by atoms with E-state index in [0.717, 1.165) is 32.1 Å². The van der Waals surface area contributed by atoms with Crippen LogP contribution in [0.2, 0.25) is 0 Å². The molecule has 0 rings (SSSR count). The Morgan fingerprint density at radius 2 is 1.19 bits per heavy atom. The minimum absolute atomic E-state index is 0.00850. The minimum atomic E-state index is -3.73. The normalized spacial score (nSPS) is 13.2. The average Bonchev–Trinajstić information content (AvgIpc) is 2.65. The van der Waals surface area contributed by atoms with Crippen LogP contribution in [0.4, 0.5) is 0 Å². The number of rotatable bonds is 21. The zero-order valence-corrected chi connectivity index (χ0v) is 18.1. The topological polar surface area (TPSA) is 92.7 Å². The lowest BCUT2D eigenvalue weighted by Crippen LogP contribution is -2.16. The van der Waals surface area contributed by atoms with E-state index in [9.17, 15) is 9.67 Å². The molecule has 0 aromatic heterocycles. The molecule has 0 amide bonds. The second-order valence-electron chi connectivity index (χ2n) is 5.99. The Kier molecular flexibility index (Phi) is 19.2. The molecule has 0 fully saturated rings. The van der Waals surface area contributed by atoms with E-state index in [1.54, 1.807) is 0 Å². The van der Waals surface area contributed by atoms with Crippen molar-refractivity contribution in [3.05, 3.63) is 0 Å². The fourth-order valence-corrected chi connectivity index (χ4v) is 3.01. The summed E-state index contributed by atoms with van der Waals surface area (Å²) in [5.41, 5.74) is 0. The lowest BCUT2D eigenvalue weighted by atomic mass is 10.3. The smallest absolute Gasteiger partial charge is 0.379 e. The molecule has 0 aliphatic heterocycles. The van der Waals surface area contributed by atoms with Crippen LogP contribution in [0.1, 0.15) is 59.3 Å². The minimum Gasteiger partial charge on any atom is -0.379 e. The summed E-state index contributed by atoms with van der Waals surface area (Å²) in [7, 11) is -3.73. The molecule has 0 saturated heterocycles. The molecule has 27 heavy (non-hydrogen) atoms. The lowest BCUT2D eigenvalue weighted by molar-refractivity contribution is -0.110. The van der Waals surface area contributed by atoms with Crippen molar-refractivity contribution in [2.24, 2.45) is 0 Å². The third kappa shape index (κ3) is 17.8. The molecular weight excluding hydrogens is 375 g/mol. The highest BCUT2D eigenvalue weighted by Crippen LogP contribution is 2.49. The molecule has 1 unspecified atom stereocenters. The van der Waals surface area contributed by atoms with Crippen molar-refractivity contribution in [2.75, 3.05) is 52.9 Å². The summed E-state index contributed by atoms with van der Waals surface area (Å²) in [6, 6.07) is 0. The quantitative estimate of drug-likeness (QED) is 0.172. The number of phosphoric acid groups is 1. The third-order valence-electron chi connectivity index (χ3n) is 3.42. The van der Waals surface area contributed by atoms with Gasteiger partial charge in [0.2, 0.25) is 0 Å². The SMILES string of the molecule is CCCCOCCOP(=O)(OCCOCCCC)OCCOC(O)CCC. The van der Waals surface area contributed by atoms with Crippen molar-refractivity contribution in [1.82, 2.24) is 0 Å². The molecule has 0 aliphatic carbocycles. The number of aliphatic hydroxyl groups is 1. The summed E-state index contributed by atoms with van der Waals surface area (Å²) >= 11 is 0. The standard InChI is InChI=1S/C18H39O8P/c1-4-7-10-21-12-15-24-27(20,25-16-13-22-11-8-5-2)26-17-14-23-18(19)9-6-3/h18-19H,4-17H2,1-3H3. The van der Waals surface area contributed by atoms with Crippen LogP contribution in [0.25, 0.3) is 0 Å². The summed E-state index contributed by atoms with van der Waals surface area (Å²) < 4.78 is 44.5. The van der Waals surface area contributed by atoms with Gasteiger partial charge in [-0.15, -0.1) is 0 Å². The van der Waals surface area contributed by atoms with Crippen molar-refractivity contribution >= 4 is 7.82 Å². The molecule has 0 spiro atoms. The predicted molar refractivity (Wildman–Crippen MR) is 104 cm³/mol. The summed E-state index contributed by atoms with van der Waals surface area (Å²) in [6.07, 6.45) is 4.53. The van der Waals surface area contributed by atoms with E-state index in [-0.39, 0.29) is 26.4 Å². The molecule has 1 N–H and O–H groups in total. The van der Waals surface area contributed by atoms with Crippen LogP contribution in [-0.2, 0) is 32.3 Å². The molecule has 0 aromatic rings. The van der Waals surface area contributed by atoms with Crippen molar-refractivity contribution in [2.45, 2.75) is 65.6 Å². The Balaban J connectivity index is 4.15. The maximum atomic E-state index is 12.7. The van der Waals surface area contributed by atoms with Gasteiger partial charge < -0.3 is 19.3 Å². The first-order valence-electron chi connectivity index (χ1n) is 10.1. The number of aliphatic hydroxyl groups excluding tert-OH is 1. The van der Waals surface area contributed by atoms with E-state index in [0.29, 0.717) is 32.8 Å². The first kappa shape index (κ1) is 27.0. The van der Waals surface area contributed by atoms with Gasteiger partial charge in [-0.3, -0.25) is 13.6 Å². The Labute approximate surface area is 164 Å². The monoisotopic (exact) mass is 414 g/mol. The van der Waals surface area contributed by atoms with Crippen LogP contribution in [0, 0.1) is 0 Å². The average molecular weight is 414 g/mol. The highest BCUT2D eigenvalue weighted by Gasteiger charge is 2.26. The van der Waals surface area contributed by atoms with Gasteiger partial charge in [0, 0.05) is 13.2 Å². The Hall–Kier alpha value is -0.0500. The van der Waals surface area contributed by atoms with E-state index < -0.39 is 14.1 Å². The van der Waals surface area contributed by atoms with Gasteiger partial charge in [-0.05, 0) is 19.3 Å². The van der Waals surface area contributed by atoms with Gasteiger partial charge in [0.25, 0.3) is 0 Å². The van der Waals surface area contributed by atoms with E-state index in [1.165, 1.54) is 0 Å². The summed E-state index contributed by atoms with van der Waals surface area (Å²) in [6.45, 7) is 8.32. The van der Waals surface area contributed by atoms with Gasteiger partial charge in [-0.1, -0.05) is 40.0 Å². The number of hydrogen-bond acceptors (Lipinski definition) is 8. The Morgan fingerprint density at radius 1 is 0.704 bits per heavy atom. The molecule has 1 atom stereocenters. The fraction of sp³-hybridized carbons (Fsp3) is 1.00. The van der Waals surface area contributed by atoms with Crippen LogP contribution < -0.4 is 0 Å². The predicted octanol–water partition coefficient (Wildman–Crippen LogP) is 3.91. The molecule has 0 aromatic carbocycles. The Morgan fingerprint density at radius 3 is 1.63 bits per heavy atom. The maximum Gasteiger partial charge on any atom is 0.475 e. The molecule has 164 valence electrons. The van der Waals surface area contributed by atoms with Crippen LogP contribution >= 0.6 is 7.82 Å². The van der Waals surface area contributed by atoms with E-state index in [1.807, 2.05) is 6.92 Å². The molecule has 0 aliphatic rings. The van der Waals surface area contributed by atoms with Gasteiger partial charge in [0.15, 0.2) is 6.29 Å². The van der Waals surface area contributed by atoms with Gasteiger partial charge >= 0.3 is 7.82 Å². The first-order valence-corrected chi connectivity index (χ1v) is 11.5. The molecule has 0 bridgehead atoms. The molecule has 0 radical (unpaired) electrons. The molecule has 9 heteroatoms. The van der Waals surface area contributed by atoms with Crippen molar-refractivity contribution < 1.29 is 37.5 Å².